The van der Waals surface area contributed by atoms with E-state index in [1.165, 1.54) is 22.3 Å². The van der Waals surface area contributed by atoms with Gasteiger partial charge < -0.3 is 0 Å². The van der Waals surface area contributed by atoms with Gasteiger partial charge in [-0.1, -0.05) is 64.1 Å². The van der Waals surface area contributed by atoms with Crippen LogP contribution in [0.2, 0.25) is 0 Å². The van der Waals surface area contributed by atoms with E-state index in [0.29, 0.717) is 11.8 Å². The first kappa shape index (κ1) is 13.1. The fourth-order valence-corrected chi connectivity index (χ4v) is 2.78. The van der Waals surface area contributed by atoms with E-state index in [2.05, 4.69) is 64.1 Å². The monoisotopic (exact) mass is 240 g/mol. The molecule has 0 saturated heterocycles. The Morgan fingerprint density at radius 1 is 0.722 bits per heavy atom. The van der Waals surface area contributed by atoms with Crippen molar-refractivity contribution in [3.8, 4) is 0 Å². The third-order valence-corrected chi connectivity index (χ3v) is 3.69. The summed E-state index contributed by atoms with van der Waals surface area (Å²) in [4.78, 5) is 0. The molecule has 0 saturated carbocycles. The first-order valence-electron chi connectivity index (χ1n) is 7.11. The van der Waals surface area contributed by atoms with Gasteiger partial charge in [-0.2, -0.15) is 0 Å². The van der Waals surface area contributed by atoms with E-state index in [-0.39, 0.29) is 0 Å². The van der Waals surface area contributed by atoms with E-state index >= 15 is 0 Å². The maximum atomic E-state index is 2.43. The van der Waals surface area contributed by atoms with Gasteiger partial charge in [-0.05, 0) is 47.0 Å². The molecule has 0 aromatic heterocycles. The zero-order valence-corrected chi connectivity index (χ0v) is 12.0. The predicted octanol–water partition coefficient (Wildman–Crippen LogP) is 5.56. The van der Waals surface area contributed by atoms with Gasteiger partial charge in [0.25, 0.3) is 0 Å². The fourth-order valence-electron chi connectivity index (χ4n) is 2.78. The van der Waals surface area contributed by atoms with Crippen molar-refractivity contribution in [2.45, 2.75) is 40.5 Å². The minimum absolute atomic E-state index is 0.595. The molecule has 0 aliphatic heterocycles. The van der Waals surface area contributed by atoms with Gasteiger partial charge in [0.15, 0.2) is 0 Å². The molecule has 0 heterocycles. The Labute approximate surface area is 111 Å². The van der Waals surface area contributed by atoms with Gasteiger partial charge >= 0.3 is 0 Å². The molecule has 1 aliphatic carbocycles. The average molecular weight is 240 g/mol. The second kappa shape index (κ2) is 5.56. The summed E-state index contributed by atoms with van der Waals surface area (Å²) in [6.45, 7) is 9.18. The fraction of sp³-hybridized carbons (Fsp3) is 0.444. The van der Waals surface area contributed by atoms with Gasteiger partial charge in [0.2, 0.25) is 0 Å². The molecule has 18 heavy (non-hydrogen) atoms. The highest BCUT2D eigenvalue weighted by Gasteiger charge is 2.16. The van der Waals surface area contributed by atoms with E-state index < -0.39 is 0 Å². The molecule has 0 bridgehead atoms. The number of fused-ring (bicyclic) bond motifs is 1. The molecule has 0 amide bonds. The largest absolute Gasteiger partial charge is 0.0801 e. The summed E-state index contributed by atoms with van der Waals surface area (Å²) in [5.74, 6) is 1.19. The van der Waals surface area contributed by atoms with Crippen LogP contribution in [0.3, 0.4) is 0 Å². The lowest BCUT2D eigenvalue weighted by atomic mass is 9.83. The quantitative estimate of drug-likeness (QED) is 0.635. The van der Waals surface area contributed by atoms with Crippen LogP contribution in [0.5, 0.6) is 0 Å². The molecule has 1 aliphatic rings. The Balaban J connectivity index is 2.59. The molecule has 0 heteroatoms. The molecular formula is C18H24. The van der Waals surface area contributed by atoms with E-state index in [4.69, 9.17) is 0 Å². The van der Waals surface area contributed by atoms with Gasteiger partial charge in [0.05, 0.1) is 0 Å². The van der Waals surface area contributed by atoms with Crippen molar-refractivity contribution >= 4 is 11.1 Å². The van der Waals surface area contributed by atoms with Gasteiger partial charge in [-0.25, -0.2) is 0 Å². The van der Waals surface area contributed by atoms with Gasteiger partial charge in [-0.3, -0.25) is 0 Å². The summed E-state index contributed by atoms with van der Waals surface area (Å²) in [5, 5.41) is 0. The molecule has 0 unspecified atom stereocenters. The molecule has 2 rings (SSSR count). The second-order valence-electron chi connectivity index (χ2n) is 5.75. The lowest BCUT2D eigenvalue weighted by Gasteiger charge is -2.22. The topological polar surface area (TPSA) is 0 Å². The highest BCUT2D eigenvalue weighted by Crippen LogP contribution is 2.35. The number of allylic oxidation sites excluding steroid dienone is 4. The summed E-state index contributed by atoms with van der Waals surface area (Å²) in [7, 11) is 0. The van der Waals surface area contributed by atoms with Crippen LogP contribution in [0.4, 0.5) is 0 Å². The Hall–Kier alpha value is -1.30. The second-order valence-corrected chi connectivity index (χ2v) is 5.75. The van der Waals surface area contributed by atoms with E-state index in [0.717, 1.165) is 12.8 Å². The maximum Gasteiger partial charge on any atom is -0.0150 e. The highest BCUT2D eigenvalue weighted by atomic mass is 14.2. The molecule has 0 fully saturated rings. The normalized spacial score (nSPS) is 15.9. The van der Waals surface area contributed by atoms with Crippen LogP contribution in [0, 0.1) is 11.8 Å². The lowest BCUT2D eigenvalue weighted by Crippen LogP contribution is -2.04. The smallest absolute Gasteiger partial charge is 0.0150 e. The zero-order valence-electron chi connectivity index (χ0n) is 12.0. The number of hydrogen-bond acceptors (Lipinski definition) is 0. The van der Waals surface area contributed by atoms with Crippen LogP contribution in [-0.2, 0) is 0 Å². The minimum atomic E-state index is 0.595. The van der Waals surface area contributed by atoms with Crippen LogP contribution < -0.4 is 0 Å². The van der Waals surface area contributed by atoms with E-state index in [1.807, 2.05) is 0 Å². The SMILES string of the molecule is CC(C)C1=CCCC=C(C(C)C)c2ccccc21. The third kappa shape index (κ3) is 2.58. The Bertz CT molecular complexity index is 428. The van der Waals surface area contributed by atoms with Crippen molar-refractivity contribution in [1.82, 2.24) is 0 Å². The molecule has 0 radical (unpaired) electrons. The summed E-state index contributed by atoms with van der Waals surface area (Å²) in [6.07, 6.45) is 7.18. The van der Waals surface area contributed by atoms with E-state index in [9.17, 15) is 0 Å². The maximum absolute atomic E-state index is 2.43. The van der Waals surface area contributed by atoms with Crippen molar-refractivity contribution < 1.29 is 0 Å². The average Bonchev–Trinajstić information content (AvgIpc) is 2.29. The molecule has 96 valence electrons. The Morgan fingerprint density at radius 3 is 1.44 bits per heavy atom. The van der Waals surface area contributed by atoms with Crippen molar-refractivity contribution in [3.63, 3.8) is 0 Å². The minimum Gasteiger partial charge on any atom is -0.0801 e. The van der Waals surface area contributed by atoms with Crippen molar-refractivity contribution in [3.05, 3.63) is 47.5 Å². The van der Waals surface area contributed by atoms with Gasteiger partial charge in [-0.15, -0.1) is 0 Å². The first-order valence-corrected chi connectivity index (χ1v) is 7.11. The number of rotatable bonds is 2. The number of hydrogen-bond donors (Lipinski definition) is 0. The predicted molar refractivity (Wildman–Crippen MR) is 81.3 cm³/mol. The standard InChI is InChI=1S/C18H24/c1-13(2)15-9-5-6-10-16(14(3)4)18-12-8-7-11-17(15)18/h7-14H,5-6H2,1-4H3. The zero-order chi connectivity index (χ0) is 13.1. The van der Waals surface area contributed by atoms with E-state index in [1.54, 1.807) is 0 Å². The Kier molecular flexibility index (Phi) is 4.06. The molecule has 0 atom stereocenters. The molecular weight excluding hydrogens is 216 g/mol. The first-order chi connectivity index (χ1) is 8.61. The van der Waals surface area contributed by atoms with Crippen LogP contribution in [0.15, 0.2) is 36.4 Å². The summed E-state index contributed by atoms with van der Waals surface area (Å²) < 4.78 is 0. The van der Waals surface area contributed by atoms with Crippen LogP contribution >= 0.6 is 0 Å². The molecule has 0 N–H and O–H groups in total. The third-order valence-electron chi connectivity index (χ3n) is 3.69. The Morgan fingerprint density at radius 2 is 1.11 bits per heavy atom. The van der Waals surface area contributed by atoms with Crippen LogP contribution in [-0.4, -0.2) is 0 Å². The van der Waals surface area contributed by atoms with Crippen LogP contribution in [0.1, 0.15) is 51.7 Å². The molecule has 0 nitrogen and oxygen atoms in total. The van der Waals surface area contributed by atoms with Gasteiger partial charge in [0.1, 0.15) is 0 Å². The van der Waals surface area contributed by atoms with Crippen molar-refractivity contribution in [2.75, 3.05) is 0 Å². The lowest BCUT2D eigenvalue weighted by molar-refractivity contribution is 0.828. The molecule has 1 aromatic rings. The van der Waals surface area contributed by atoms with Crippen molar-refractivity contribution in [2.24, 2.45) is 11.8 Å². The summed E-state index contributed by atoms with van der Waals surface area (Å²) in [6, 6.07) is 8.88. The highest BCUT2D eigenvalue weighted by molar-refractivity contribution is 5.81. The summed E-state index contributed by atoms with van der Waals surface area (Å²) in [5.41, 5.74) is 5.90. The summed E-state index contributed by atoms with van der Waals surface area (Å²) >= 11 is 0. The molecule has 1 aromatic carbocycles. The number of benzene rings is 1. The van der Waals surface area contributed by atoms with Gasteiger partial charge in [0, 0.05) is 0 Å². The molecule has 0 spiro atoms. The van der Waals surface area contributed by atoms with Crippen molar-refractivity contribution in [1.29, 1.82) is 0 Å². The van der Waals surface area contributed by atoms with Crippen LogP contribution in [0.25, 0.3) is 11.1 Å².